The molecule has 17 heteroatoms. The molecule has 4 atom stereocenters. The molecule has 15 N–H and O–H groups in total. The van der Waals surface area contributed by atoms with E-state index >= 15 is 0 Å². The average molecular weight is 531 g/mol. The van der Waals surface area contributed by atoms with E-state index in [0.29, 0.717) is 0 Å². The Hall–Kier alpha value is -4.15. The van der Waals surface area contributed by atoms with Crippen molar-refractivity contribution in [2.45, 2.75) is 69.6 Å². The summed E-state index contributed by atoms with van der Waals surface area (Å²) in [5, 5.41) is 25.3. The van der Waals surface area contributed by atoms with Crippen LogP contribution >= 0.6 is 0 Å². The lowest BCUT2D eigenvalue weighted by atomic mass is 10.1. The maximum Gasteiger partial charge on any atom is 0.326 e. The molecule has 0 rings (SSSR count). The van der Waals surface area contributed by atoms with Gasteiger partial charge in [-0.05, 0) is 39.0 Å². The van der Waals surface area contributed by atoms with Crippen molar-refractivity contribution in [3.63, 3.8) is 0 Å². The van der Waals surface area contributed by atoms with Gasteiger partial charge in [0.15, 0.2) is 11.9 Å². The molecule has 0 aromatic rings. The molecule has 37 heavy (non-hydrogen) atoms. The van der Waals surface area contributed by atoms with Crippen LogP contribution in [0.15, 0.2) is 9.98 Å². The van der Waals surface area contributed by atoms with E-state index in [1.807, 2.05) is 0 Å². The summed E-state index contributed by atoms with van der Waals surface area (Å²) in [6.45, 7) is 1.65. The number of nitrogens with zero attached hydrogens (tertiary/aromatic N) is 2. The molecule has 0 heterocycles. The van der Waals surface area contributed by atoms with Crippen molar-refractivity contribution in [2.24, 2.45) is 38.7 Å². The molecule has 0 aliphatic heterocycles. The van der Waals surface area contributed by atoms with Gasteiger partial charge in [0.25, 0.3) is 0 Å². The maximum atomic E-state index is 12.9. The van der Waals surface area contributed by atoms with Crippen LogP contribution in [0.3, 0.4) is 0 Å². The van der Waals surface area contributed by atoms with Crippen molar-refractivity contribution in [3.8, 4) is 0 Å². The third-order valence-corrected chi connectivity index (χ3v) is 4.90. The number of rotatable bonds is 18. The van der Waals surface area contributed by atoms with Crippen molar-refractivity contribution in [3.05, 3.63) is 0 Å². The molecule has 210 valence electrons. The van der Waals surface area contributed by atoms with E-state index in [-0.39, 0.29) is 63.5 Å². The molecular formula is C20H38N10O7. The Morgan fingerprint density at radius 2 is 1.22 bits per heavy atom. The summed E-state index contributed by atoms with van der Waals surface area (Å²) in [6, 6.07) is -4.74. The van der Waals surface area contributed by atoms with E-state index in [2.05, 4.69) is 25.9 Å². The van der Waals surface area contributed by atoms with Crippen molar-refractivity contribution in [1.29, 1.82) is 0 Å². The van der Waals surface area contributed by atoms with Gasteiger partial charge in [0.05, 0.1) is 6.04 Å². The maximum absolute atomic E-state index is 12.9. The first-order chi connectivity index (χ1) is 17.2. The van der Waals surface area contributed by atoms with Crippen LogP contribution in [0.25, 0.3) is 0 Å². The van der Waals surface area contributed by atoms with Gasteiger partial charge in [0.1, 0.15) is 18.1 Å². The Morgan fingerprint density at radius 3 is 1.68 bits per heavy atom. The lowest BCUT2D eigenvalue weighted by Crippen LogP contribution is -2.56. The van der Waals surface area contributed by atoms with E-state index in [9.17, 15) is 29.1 Å². The summed E-state index contributed by atoms with van der Waals surface area (Å²) in [5.41, 5.74) is 26.7. The second-order valence-electron chi connectivity index (χ2n) is 8.13. The fraction of sp³-hybridized carbons (Fsp3) is 0.650. The van der Waals surface area contributed by atoms with Gasteiger partial charge in [0.2, 0.25) is 17.7 Å². The molecule has 0 aliphatic rings. The first kappa shape index (κ1) is 32.9. The second-order valence-corrected chi connectivity index (χ2v) is 8.13. The number of aliphatic imine (C=N–C) groups is 2. The number of hydrogen-bond donors (Lipinski definition) is 10. The van der Waals surface area contributed by atoms with Crippen LogP contribution in [-0.4, -0.2) is 89.0 Å². The summed E-state index contributed by atoms with van der Waals surface area (Å²) < 4.78 is 0. The van der Waals surface area contributed by atoms with Crippen LogP contribution in [0.5, 0.6) is 0 Å². The van der Waals surface area contributed by atoms with Gasteiger partial charge >= 0.3 is 11.9 Å². The summed E-state index contributed by atoms with van der Waals surface area (Å²) in [6.07, 6.45) is 0.136. The lowest BCUT2D eigenvalue weighted by molar-refractivity contribution is -0.142. The Kier molecular flexibility index (Phi) is 15.4. The third kappa shape index (κ3) is 15.5. The van der Waals surface area contributed by atoms with Crippen LogP contribution in [0.2, 0.25) is 0 Å². The molecule has 17 nitrogen and oxygen atoms in total. The highest BCUT2D eigenvalue weighted by atomic mass is 16.4. The highest BCUT2D eigenvalue weighted by Gasteiger charge is 2.28. The molecule has 4 unspecified atom stereocenters. The fourth-order valence-electron chi connectivity index (χ4n) is 2.90. The first-order valence-electron chi connectivity index (χ1n) is 11.5. The molecule has 0 spiro atoms. The van der Waals surface area contributed by atoms with Gasteiger partial charge in [-0.25, -0.2) is 4.79 Å². The van der Waals surface area contributed by atoms with Gasteiger partial charge in [-0.3, -0.25) is 29.2 Å². The Morgan fingerprint density at radius 1 is 0.730 bits per heavy atom. The predicted molar refractivity (Wildman–Crippen MR) is 134 cm³/mol. The van der Waals surface area contributed by atoms with Crippen LogP contribution in [-0.2, 0) is 24.0 Å². The zero-order valence-corrected chi connectivity index (χ0v) is 20.7. The topological polar surface area (TPSA) is 317 Å². The zero-order valence-electron chi connectivity index (χ0n) is 20.7. The SMILES string of the molecule is CC(NC(=O)C(N)CCC(=O)O)C(=O)NC(CCCN=C(N)N)C(=O)NC(CCCN=C(N)N)C(=O)O. The number of nitrogens with one attached hydrogen (secondary N) is 3. The summed E-state index contributed by atoms with van der Waals surface area (Å²) in [7, 11) is 0. The average Bonchev–Trinajstić information content (AvgIpc) is 2.80. The zero-order chi connectivity index (χ0) is 28.5. The quantitative estimate of drug-likeness (QED) is 0.0458. The van der Waals surface area contributed by atoms with E-state index in [0.717, 1.165) is 0 Å². The third-order valence-electron chi connectivity index (χ3n) is 4.90. The number of hydrogen-bond acceptors (Lipinski definition) is 8. The second kappa shape index (κ2) is 17.3. The molecule has 0 aromatic heterocycles. The van der Waals surface area contributed by atoms with Crippen molar-refractivity contribution < 1.29 is 34.2 Å². The predicted octanol–water partition coefficient (Wildman–Crippen LogP) is -4.16. The Bertz CT molecular complexity index is 856. The number of carboxylic acids is 2. The molecule has 0 fully saturated rings. The summed E-state index contributed by atoms with van der Waals surface area (Å²) in [5.74, 6) is -5.00. The van der Waals surface area contributed by atoms with E-state index in [4.69, 9.17) is 33.8 Å². The van der Waals surface area contributed by atoms with E-state index < -0.39 is 53.8 Å². The minimum atomic E-state index is -1.29. The number of guanidine groups is 2. The molecule has 0 saturated heterocycles. The normalized spacial score (nSPS) is 13.7. The van der Waals surface area contributed by atoms with Crippen LogP contribution in [0.4, 0.5) is 0 Å². The number of carbonyl (C=O) groups excluding carboxylic acids is 3. The monoisotopic (exact) mass is 530 g/mol. The van der Waals surface area contributed by atoms with Crippen molar-refractivity contribution >= 4 is 41.6 Å². The molecule has 0 aliphatic carbocycles. The van der Waals surface area contributed by atoms with Crippen molar-refractivity contribution in [2.75, 3.05) is 13.1 Å². The molecule has 0 radical (unpaired) electrons. The summed E-state index contributed by atoms with van der Waals surface area (Å²) >= 11 is 0. The highest BCUT2D eigenvalue weighted by molar-refractivity contribution is 5.94. The smallest absolute Gasteiger partial charge is 0.326 e. The molecule has 3 amide bonds. The van der Waals surface area contributed by atoms with Gasteiger partial charge < -0.3 is 54.8 Å². The van der Waals surface area contributed by atoms with E-state index in [1.54, 1.807) is 0 Å². The van der Waals surface area contributed by atoms with Gasteiger partial charge in [-0.15, -0.1) is 0 Å². The van der Waals surface area contributed by atoms with Crippen LogP contribution in [0.1, 0.15) is 45.4 Å². The number of nitrogens with two attached hydrogens (primary N) is 5. The number of amides is 3. The number of carbonyl (C=O) groups is 5. The van der Waals surface area contributed by atoms with Gasteiger partial charge in [0, 0.05) is 19.5 Å². The largest absolute Gasteiger partial charge is 0.481 e. The Balaban J connectivity index is 5.26. The molecular weight excluding hydrogens is 492 g/mol. The van der Waals surface area contributed by atoms with Gasteiger partial charge in [-0.1, -0.05) is 0 Å². The van der Waals surface area contributed by atoms with Gasteiger partial charge in [-0.2, -0.15) is 0 Å². The lowest BCUT2D eigenvalue weighted by Gasteiger charge is -2.23. The Labute approximate surface area is 213 Å². The molecule has 0 aromatic carbocycles. The standard InChI is InChI=1S/C20H38N10O7/c1-10(28-16(34)11(21)6-7-14(31)32)15(33)29-12(4-2-8-26-19(22)23)17(35)30-13(18(36)37)5-3-9-27-20(24)25/h10-13H,2-9,21H2,1H3,(H,28,34)(H,29,33)(H,30,35)(H,31,32)(H,36,37)(H4,22,23,26)(H4,24,25,27). The molecule has 0 bridgehead atoms. The van der Waals surface area contributed by atoms with E-state index in [1.165, 1.54) is 6.92 Å². The fourth-order valence-corrected chi connectivity index (χ4v) is 2.90. The van der Waals surface area contributed by atoms with Crippen LogP contribution in [0, 0.1) is 0 Å². The van der Waals surface area contributed by atoms with Crippen LogP contribution < -0.4 is 44.6 Å². The first-order valence-corrected chi connectivity index (χ1v) is 11.5. The minimum absolute atomic E-state index is 0.0210. The number of carboxylic acid groups (broad SMARTS) is 2. The number of aliphatic carboxylic acids is 2. The van der Waals surface area contributed by atoms with Crippen molar-refractivity contribution in [1.82, 2.24) is 16.0 Å². The highest BCUT2D eigenvalue weighted by Crippen LogP contribution is 2.04. The minimum Gasteiger partial charge on any atom is -0.481 e. The summed E-state index contributed by atoms with van der Waals surface area (Å²) in [4.78, 5) is 67.4. The molecule has 0 saturated carbocycles.